The first kappa shape index (κ1) is 21.2. The van der Waals surface area contributed by atoms with Crippen molar-refractivity contribution in [2.75, 3.05) is 27.3 Å². The Morgan fingerprint density at radius 3 is 2.83 bits per heavy atom. The molecule has 30 heavy (non-hydrogen) atoms. The van der Waals surface area contributed by atoms with E-state index in [1.165, 1.54) is 24.0 Å². The Labute approximate surface area is 180 Å². The highest BCUT2D eigenvalue weighted by molar-refractivity contribution is 5.75. The molecule has 4 rings (SSSR count). The highest BCUT2D eigenvalue weighted by atomic mass is 16.6. The van der Waals surface area contributed by atoms with E-state index in [1.54, 1.807) is 14.2 Å². The van der Waals surface area contributed by atoms with Crippen molar-refractivity contribution in [1.82, 2.24) is 5.32 Å². The second-order valence-electron chi connectivity index (χ2n) is 9.55. The van der Waals surface area contributed by atoms with Gasteiger partial charge in [-0.2, -0.15) is 0 Å². The van der Waals surface area contributed by atoms with Crippen molar-refractivity contribution < 1.29 is 19.0 Å². The summed E-state index contributed by atoms with van der Waals surface area (Å²) in [5.41, 5.74) is 2.83. The van der Waals surface area contributed by atoms with Gasteiger partial charge in [0.05, 0.1) is 20.1 Å². The molecule has 1 N–H and O–H groups in total. The normalized spacial score (nSPS) is 32.9. The SMILES string of the molecule is C=C1CCC[C@]2(C)C[C@H]3OC(=O)[C@@H](CNCCc4ccc(OC)c(OC)c4)[C@@H]3C[C@@H]12. The lowest BCUT2D eigenvalue weighted by molar-refractivity contribution is -0.146. The molecule has 0 bridgehead atoms. The highest BCUT2D eigenvalue weighted by Crippen LogP contribution is 2.56. The lowest BCUT2D eigenvalue weighted by Crippen LogP contribution is -2.45. The zero-order valence-electron chi connectivity index (χ0n) is 18.5. The van der Waals surface area contributed by atoms with E-state index in [2.05, 4.69) is 24.9 Å². The number of methoxy groups -OCH3 is 2. The predicted molar refractivity (Wildman–Crippen MR) is 117 cm³/mol. The molecule has 2 saturated carbocycles. The zero-order valence-corrected chi connectivity index (χ0v) is 18.5. The van der Waals surface area contributed by atoms with Crippen molar-refractivity contribution in [3.05, 3.63) is 35.9 Å². The third kappa shape index (κ3) is 3.96. The molecule has 0 amide bonds. The van der Waals surface area contributed by atoms with Crippen LogP contribution in [0.3, 0.4) is 0 Å². The summed E-state index contributed by atoms with van der Waals surface area (Å²) < 4.78 is 16.5. The smallest absolute Gasteiger partial charge is 0.310 e. The first-order valence-electron chi connectivity index (χ1n) is 11.2. The van der Waals surface area contributed by atoms with Gasteiger partial charge in [-0.1, -0.05) is 25.1 Å². The number of hydrogen-bond acceptors (Lipinski definition) is 5. The lowest BCUT2D eigenvalue weighted by atomic mass is 9.55. The molecule has 1 heterocycles. The van der Waals surface area contributed by atoms with Gasteiger partial charge in [0.1, 0.15) is 6.10 Å². The molecule has 1 saturated heterocycles. The van der Waals surface area contributed by atoms with Gasteiger partial charge in [0.15, 0.2) is 11.5 Å². The monoisotopic (exact) mass is 413 g/mol. The Morgan fingerprint density at radius 1 is 1.27 bits per heavy atom. The Hall–Kier alpha value is -2.01. The van der Waals surface area contributed by atoms with Crippen LogP contribution in [0.2, 0.25) is 0 Å². The van der Waals surface area contributed by atoms with E-state index in [1.807, 2.05) is 12.1 Å². The zero-order chi connectivity index (χ0) is 21.3. The van der Waals surface area contributed by atoms with Crippen molar-refractivity contribution in [1.29, 1.82) is 0 Å². The fraction of sp³-hybridized carbons (Fsp3) is 0.640. The predicted octanol–water partition coefficient (Wildman–Crippen LogP) is 4.15. The molecule has 1 aromatic rings. The first-order chi connectivity index (χ1) is 14.4. The maximum Gasteiger partial charge on any atom is 0.310 e. The summed E-state index contributed by atoms with van der Waals surface area (Å²) >= 11 is 0. The molecule has 1 aliphatic heterocycles. The minimum absolute atomic E-state index is 0.0172. The van der Waals surface area contributed by atoms with E-state index >= 15 is 0 Å². The Balaban J connectivity index is 1.33. The van der Waals surface area contributed by atoms with Crippen molar-refractivity contribution in [3.63, 3.8) is 0 Å². The number of nitrogens with one attached hydrogen (secondary N) is 1. The minimum atomic E-state index is -0.0420. The summed E-state index contributed by atoms with van der Waals surface area (Å²) in [5.74, 6) is 2.28. The fourth-order valence-electron chi connectivity index (χ4n) is 6.02. The van der Waals surface area contributed by atoms with Crippen LogP contribution in [0.5, 0.6) is 11.5 Å². The molecule has 0 aromatic heterocycles. The molecule has 5 nitrogen and oxygen atoms in total. The van der Waals surface area contributed by atoms with Crippen molar-refractivity contribution in [2.45, 2.75) is 51.6 Å². The van der Waals surface area contributed by atoms with Crippen LogP contribution in [-0.2, 0) is 16.0 Å². The molecule has 3 aliphatic rings. The molecule has 0 radical (unpaired) electrons. The van der Waals surface area contributed by atoms with Crippen molar-refractivity contribution >= 4 is 5.97 Å². The van der Waals surface area contributed by atoms with Crippen molar-refractivity contribution in [3.8, 4) is 11.5 Å². The molecule has 5 atom stereocenters. The van der Waals surface area contributed by atoms with Crippen LogP contribution < -0.4 is 14.8 Å². The number of hydrogen-bond donors (Lipinski definition) is 1. The van der Waals surface area contributed by atoms with Gasteiger partial charge in [0.2, 0.25) is 0 Å². The van der Waals surface area contributed by atoms with E-state index in [0.29, 0.717) is 18.4 Å². The van der Waals surface area contributed by atoms with E-state index in [9.17, 15) is 4.79 Å². The quantitative estimate of drug-likeness (QED) is 0.413. The molecule has 5 heteroatoms. The fourth-order valence-corrected chi connectivity index (χ4v) is 6.02. The molecule has 164 valence electrons. The van der Waals surface area contributed by atoms with Crippen LogP contribution in [0.1, 0.15) is 44.6 Å². The molecular formula is C25H35NO4. The number of esters is 1. The standard InChI is InChI=1S/C25H35NO4/c1-16-6-5-10-25(2)14-23-18(13-20(16)25)19(24(27)30-23)15-26-11-9-17-7-8-21(28-3)22(12-17)29-4/h7-8,12,18-20,23,26H,1,5-6,9-11,13-15H2,2-4H3/t18-,19-,20-,23+,25+/m0/s1. The van der Waals surface area contributed by atoms with Gasteiger partial charge in [-0.25, -0.2) is 0 Å². The third-order valence-corrected chi connectivity index (χ3v) is 7.72. The van der Waals surface area contributed by atoms with Gasteiger partial charge in [-0.05, 0) is 74.1 Å². The maximum atomic E-state index is 12.6. The Morgan fingerprint density at radius 2 is 2.07 bits per heavy atom. The summed E-state index contributed by atoms with van der Waals surface area (Å²) in [7, 11) is 3.29. The summed E-state index contributed by atoms with van der Waals surface area (Å²) in [6.45, 7) is 8.25. The summed E-state index contributed by atoms with van der Waals surface area (Å²) in [6, 6.07) is 6.00. The van der Waals surface area contributed by atoms with Gasteiger partial charge in [-0.3, -0.25) is 4.79 Å². The summed E-state index contributed by atoms with van der Waals surface area (Å²) in [4.78, 5) is 12.6. The van der Waals surface area contributed by atoms with Gasteiger partial charge >= 0.3 is 5.97 Å². The van der Waals surface area contributed by atoms with E-state index in [4.69, 9.17) is 14.2 Å². The van der Waals surface area contributed by atoms with Gasteiger partial charge < -0.3 is 19.5 Å². The number of rotatable bonds is 7. The topological polar surface area (TPSA) is 56.8 Å². The van der Waals surface area contributed by atoms with Crippen LogP contribution in [0.15, 0.2) is 30.4 Å². The van der Waals surface area contributed by atoms with Crippen molar-refractivity contribution in [2.24, 2.45) is 23.2 Å². The number of fused-ring (bicyclic) bond motifs is 2. The molecule has 3 fully saturated rings. The molecule has 0 spiro atoms. The Bertz CT molecular complexity index is 806. The lowest BCUT2D eigenvalue weighted by Gasteiger charge is -2.50. The number of allylic oxidation sites excluding steroid dienone is 1. The van der Waals surface area contributed by atoms with E-state index < -0.39 is 0 Å². The number of carbonyl (C=O) groups is 1. The van der Waals surface area contributed by atoms with Crippen LogP contribution in [-0.4, -0.2) is 39.4 Å². The third-order valence-electron chi connectivity index (χ3n) is 7.72. The molecule has 2 aliphatic carbocycles. The molecule has 1 aromatic carbocycles. The summed E-state index contributed by atoms with van der Waals surface area (Å²) in [5, 5.41) is 3.50. The largest absolute Gasteiger partial charge is 0.493 e. The number of ether oxygens (including phenoxy) is 3. The average Bonchev–Trinajstić information content (AvgIpc) is 3.03. The van der Waals surface area contributed by atoms with E-state index in [0.717, 1.165) is 43.7 Å². The van der Waals surface area contributed by atoms with Gasteiger partial charge in [0, 0.05) is 12.5 Å². The first-order valence-corrected chi connectivity index (χ1v) is 11.2. The van der Waals surface area contributed by atoms with Crippen LogP contribution >= 0.6 is 0 Å². The second-order valence-corrected chi connectivity index (χ2v) is 9.55. The number of benzene rings is 1. The maximum absolute atomic E-state index is 12.6. The van der Waals surface area contributed by atoms with Gasteiger partial charge in [-0.15, -0.1) is 0 Å². The summed E-state index contributed by atoms with van der Waals surface area (Å²) in [6.07, 6.45) is 6.59. The van der Waals surface area contributed by atoms with E-state index in [-0.39, 0.29) is 23.4 Å². The Kier molecular flexibility index (Phi) is 6.10. The van der Waals surface area contributed by atoms with Crippen LogP contribution in [0.4, 0.5) is 0 Å². The molecular weight excluding hydrogens is 378 g/mol. The minimum Gasteiger partial charge on any atom is -0.493 e. The highest BCUT2D eigenvalue weighted by Gasteiger charge is 2.54. The number of carbonyl (C=O) groups excluding carboxylic acids is 1. The van der Waals surface area contributed by atoms with Gasteiger partial charge in [0.25, 0.3) is 0 Å². The molecule has 0 unspecified atom stereocenters. The second kappa shape index (κ2) is 8.62. The van der Waals surface area contributed by atoms with Crippen LogP contribution in [0.25, 0.3) is 0 Å². The average molecular weight is 414 g/mol. The van der Waals surface area contributed by atoms with Crippen LogP contribution in [0, 0.1) is 23.2 Å².